The summed E-state index contributed by atoms with van der Waals surface area (Å²) in [5.74, 6) is 0.979. The van der Waals surface area contributed by atoms with E-state index in [0.29, 0.717) is 0 Å². The average molecular weight is 239 g/mol. The van der Waals surface area contributed by atoms with Crippen molar-refractivity contribution in [2.24, 2.45) is 0 Å². The van der Waals surface area contributed by atoms with Crippen LogP contribution in [0.2, 0.25) is 0 Å². The summed E-state index contributed by atoms with van der Waals surface area (Å²) in [5, 5.41) is 9.19. The van der Waals surface area contributed by atoms with Crippen LogP contribution in [0.3, 0.4) is 0 Å². The summed E-state index contributed by atoms with van der Waals surface area (Å²) in [6, 6.07) is 10.4. The minimum Gasteiger partial charge on any atom is -0.366 e. The normalized spacial score (nSPS) is 15.4. The average Bonchev–Trinajstić information content (AvgIpc) is 2.46. The number of hydrogen-bond donors (Lipinski definition) is 2. The number of nitrogens with one attached hydrogen (secondary N) is 2. The van der Waals surface area contributed by atoms with Crippen molar-refractivity contribution in [3.63, 3.8) is 0 Å². The predicted molar refractivity (Wildman–Crippen MR) is 75.8 cm³/mol. The largest absolute Gasteiger partial charge is 0.366 e. The van der Waals surface area contributed by atoms with E-state index in [-0.39, 0.29) is 0 Å². The molecule has 3 nitrogen and oxygen atoms in total. The fourth-order valence-electron chi connectivity index (χ4n) is 2.29. The van der Waals surface area contributed by atoms with Gasteiger partial charge >= 0.3 is 0 Å². The summed E-state index contributed by atoms with van der Waals surface area (Å²) in [5.41, 5.74) is 1.46. The molecule has 0 bridgehead atoms. The van der Waals surface area contributed by atoms with Gasteiger partial charge in [0.25, 0.3) is 0 Å². The smallest absolute Gasteiger partial charge is 0.134 e. The maximum absolute atomic E-state index is 4.44. The van der Waals surface area contributed by atoms with Crippen LogP contribution in [-0.2, 0) is 0 Å². The third-order valence-electron chi connectivity index (χ3n) is 3.31. The molecule has 0 radical (unpaired) electrons. The highest BCUT2D eigenvalue weighted by molar-refractivity contribution is 5.91. The molecule has 18 heavy (non-hydrogen) atoms. The van der Waals surface area contributed by atoms with Crippen molar-refractivity contribution in [1.82, 2.24) is 10.3 Å². The summed E-state index contributed by atoms with van der Waals surface area (Å²) in [4.78, 5) is 4.44. The van der Waals surface area contributed by atoms with Crippen LogP contribution in [0.15, 0.2) is 48.2 Å². The lowest BCUT2D eigenvalue weighted by molar-refractivity contribution is 0.698. The standard InChI is InChI=1S/C15H17N3/c1-2-4-14-13(3-1)7-10-17-15(14)18-11-12-5-8-16-9-6-12/h1-5,7,10,16H,6,8-9,11H2,(H,17,18). The van der Waals surface area contributed by atoms with E-state index in [9.17, 15) is 0 Å². The van der Waals surface area contributed by atoms with Gasteiger partial charge in [-0.2, -0.15) is 0 Å². The van der Waals surface area contributed by atoms with E-state index in [2.05, 4.69) is 46.0 Å². The molecule has 0 unspecified atom stereocenters. The highest BCUT2D eigenvalue weighted by Gasteiger charge is 2.05. The van der Waals surface area contributed by atoms with Gasteiger partial charge in [0.05, 0.1) is 0 Å². The third kappa shape index (κ3) is 2.36. The van der Waals surface area contributed by atoms with Crippen molar-refractivity contribution in [1.29, 1.82) is 0 Å². The Morgan fingerprint density at radius 1 is 1.22 bits per heavy atom. The van der Waals surface area contributed by atoms with Crippen molar-refractivity contribution in [2.45, 2.75) is 6.42 Å². The highest BCUT2D eigenvalue weighted by Crippen LogP contribution is 2.20. The Balaban J connectivity index is 1.80. The Labute approximate surface area is 107 Å². The molecule has 1 aromatic carbocycles. The van der Waals surface area contributed by atoms with E-state index in [0.717, 1.165) is 31.9 Å². The molecule has 2 aromatic rings. The molecule has 2 heterocycles. The Bertz CT molecular complexity index is 569. The van der Waals surface area contributed by atoms with Gasteiger partial charge < -0.3 is 10.6 Å². The van der Waals surface area contributed by atoms with Gasteiger partial charge in [-0.05, 0) is 24.4 Å². The second-order valence-corrected chi connectivity index (χ2v) is 4.55. The molecule has 92 valence electrons. The molecule has 3 heteroatoms. The molecule has 1 aliphatic rings. The van der Waals surface area contributed by atoms with Crippen molar-refractivity contribution in [2.75, 3.05) is 25.0 Å². The fraction of sp³-hybridized carbons (Fsp3) is 0.267. The van der Waals surface area contributed by atoms with Gasteiger partial charge in [0.2, 0.25) is 0 Å². The number of hydrogen-bond acceptors (Lipinski definition) is 3. The van der Waals surface area contributed by atoms with Crippen molar-refractivity contribution >= 4 is 16.6 Å². The third-order valence-corrected chi connectivity index (χ3v) is 3.31. The first kappa shape index (κ1) is 11.2. The maximum atomic E-state index is 4.44. The van der Waals surface area contributed by atoms with Crippen LogP contribution in [0.25, 0.3) is 10.8 Å². The number of nitrogens with zero attached hydrogens (tertiary/aromatic N) is 1. The number of fused-ring (bicyclic) bond motifs is 1. The van der Waals surface area contributed by atoms with Crippen LogP contribution in [0, 0.1) is 0 Å². The fourth-order valence-corrected chi connectivity index (χ4v) is 2.29. The van der Waals surface area contributed by atoms with Crippen LogP contribution < -0.4 is 10.6 Å². The van der Waals surface area contributed by atoms with Gasteiger partial charge in [0, 0.05) is 24.7 Å². The quantitative estimate of drug-likeness (QED) is 0.808. The molecular weight excluding hydrogens is 222 g/mol. The molecule has 0 aliphatic carbocycles. The van der Waals surface area contributed by atoms with Crippen LogP contribution in [0.5, 0.6) is 0 Å². The zero-order valence-electron chi connectivity index (χ0n) is 10.3. The van der Waals surface area contributed by atoms with E-state index in [1.165, 1.54) is 16.3 Å². The van der Waals surface area contributed by atoms with Crippen molar-refractivity contribution < 1.29 is 0 Å². The number of rotatable bonds is 3. The SMILES string of the molecule is C1=C(CNc2nccc3ccccc23)CCNC1. The van der Waals surface area contributed by atoms with Gasteiger partial charge in [-0.15, -0.1) is 0 Å². The zero-order chi connectivity index (χ0) is 12.2. The van der Waals surface area contributed by atoms with Crippen LogP contribution >= 0.6 is 0 Å². The summed E-state index contributed by atoms with van der Waals surface area (Å²) in [6.07, 6.45) is 5.25. The summed E-state index contributed by atoms with van der Waals surface area (Å²) in [6.45, 7) is 2.96. The molecule has 0 spiro atoms. The monoisotopic (exact) mass is 239 g/mol. The first-order valence-corrected chi connectivity index (χ1v) is 6.40. The van der Waals surface area contributed by atoms with E-state index in [1.807, 2.05) is 12.3 Å². The summed E-state index contributed by atoms with van der Waals surface area (Å²) in [7, 11) is 0. The lowest BCUT2D eigenvalue weighted by Crippen LogP contribution is -2.23. The van der Waals surface area contributed by atoms with Gasteiger partial charge in [0.1, 0.15) is 5.82 Å². The molecule has 0 saturated heterocycles. The number of benzene rings is 1. The number of pyridine rings is 1. The summed E-state index contributed by atoms with van der Waals surface area (Å²) < 4.78 is 0. The minimum absolute atomic E-state index is 0.892. The second kappa shape index (κ2) is 5.19. The van der Waals surface area contributed by atoms with Gasteiger partial charge in [-0.1, -0.05) is 35.9 Å². The Hall–Kier alpha value is -1.87. The number of anilines is 1. The second-order valence-electron chi connectivity index (χ2n) is 4.55. The van der Waals surface area contributed by atoms with Crippen molar-refractivity contribution in [3.8, 4) is 0 Å². The molecule has 0 fully saturated rings. The molecule has 0 amide bonds. The summed E-state index contributed by atoms with van der Waals surface area (Å²) >= 11 is 0. The molecule has 3 rings (SSSR count). The lowest BCUT2D eigenvalue weighted by atomic mass is 10.1. The van der Waals surface area contributed by atoms with Gasteiger partial charge in [-0.25, -0.2) is 4.98 Å². The highest BCUT2D eigenvalue weighted by atomic mass is 15.0. The minimum atomic E-state index is 0.892. The molecule has 1 aliphatic heterocycles. The van der Waals surface area contributed by atoms with E-state index < -0.39 is 0 Å². The van der Waals surface area contributed by atoms with Gasteiger partial charge in [0.15, 0.2) is 0 Å². The predicted octanol–water partition coefficient (Wildman–Crippen LogP) is 2.57. The Kier molecular flexibility index (Phi) is 3.24. The van der Waals surface area contributed by atoms with Crippen LogP contribution in [0.4, 0.5) is 5.82 Å². The van der Waals surface area contributed by atoms with E-state index in [4.69, 9.17) is 0 Å². The van der Waals surface area contributed by atoms with E-state index >= 15 is 0 Å². The van der Waals surface area contributed by atoms with E-state index in [1.54, 1.807) is 0 Å². The zero-order valence-corrected chi connectivity index (χ0v) is 10.3. The first-order valence-electron chi connectivity index (χ1n) is 6.40. The molecule has 0 atom stereocenters. The van der Waals surface area contributed by atoms with Crippen molar-refractivity contribution in [3.05, 3.63) is 48.2 Å². The van der Waals surface area contributed by atoms with Crippen LogP contribution in [0.1, 0.15) is 6.42 Å². The van der Waals surface area contributed by atoms with Gasteiger partial charge in [-0.3, -0.25) is 0 Å². The topological polar surface area (TPSA) is 37.0 Å². The molecule has 1 aromatic heterocycles. The number of aromatic nitrogens is 1. The Morgan fingerprint density at radius 3 is 3.06 bits per heavy atom. The Morgan fingerprint density at radius 2 is 2.17 bits per heavy atom. The van der Waals surface area contributed by atoms with Crippen LogP contribution in [-0.4, -0.2) is 24.6 Å². The molecular formula is C15H17N3. The lowest BCUT2D eigenvalue weighted by Gasteiger charge is -2.15. The molecule has 2 N–H and O–H groups in total. The maximum Gasteiger partial charge on any atom is 0.134 e. The first-order chi connectivity index (χ1) is 8.93. The molecule has 0 saturated carbocycles.